The molecule has 1 amide bonds. The van der Waals surface area contributed by atoms with Gasteiger partial charge in [0.25, 0.3) is 11.5 Å². The molecule has 0 saturated carbocycles. The topological polar surface area (TPSA) is 75.9 Å². The van der Waals surface area contributed by atoms with E-state index in [1.807, 2.05) is 0 Å². The van der Waals surface area contributed by atoms with Gasteiger partial charge in [0.1, 0.15) is 11.2 Å². The van der Waals surface area contributed by atoms with E-state index in [0.717, 1.165) is 19.5 Å². The van der Waals surface area contributed by atoms with E-state index >= 15 is 0 Å². The van der Waals surface area contributed by atoms with E-state index in [0.29, 0.717) is 18.3 Å². The molecule has 0 spiro atoms. The van der Waals surface area contributed by atoms with Crippen molar-refractivity contribution in [2.75, 3.05) is 19.7 Å². The number of ether oxygens (including phenoxy) is 1. The molecule has 2 saturated heterocycles. The van der Waals surface area contributed by atoms with Crippen LogP contribution in [0.5, 0.6) is 0 Å². The van der Waals surface area contributed by atoms with Crippen LogP contribution in [-0.4, -0.2) is 58.1 Å². The summed E-state index contributed by atoms with van der Waals surface area (Å²) in [7, 11) is 0. The van der Waals surface area contributed by atoms with Crippen molar-refractivity contribution in [2.45, 2.75) is 31.5 Å². The van der Waals surface area contributed by atoms with Gasteiger partial charge in [-0.25, -0.2) is 4.98 Å². The standard InChI is InChI=1S/C17H20N4O3/c1-11-8-20-9-12(6-13(20)10-24-11)19-16(22)14-7-18-15-4-2-3-5-21(15)17(14)23/h2-5,7,11-13H,6,8-10H2,1H3,(H,19,22)/t11-,12-,13+/m1/s1. The van der Waals surface area contributed by atoms with Crippen molar-refractivity contribution >= 4 is 11.6 Å². The predicted octanol–water partition coefficient (Wildman–Crippen LogP) is 0.286. The zero-order valence-electron chi connectivity index (χ0n) is 13.5. The number of hydrogen-bond acceptors (Lipinski definition) is 5. The van der Waals surface area contributed by atoms with Crippen molar-refractivity contribution in [3.05, 3.63) is 46.5 Å². The molecule has 2 aromatic rings. The molecule has 2 aliphatic rings. The van der Waals surface area contributed by atoms with Crippen molar-refractivity contribution in [3.63, 3.8) is 0 Å². The fraction of sp³-hybridized carbons (Fsp3) is 0.471. The molecule has 0 bridgehead atoms. The quantitative estimate of drug-likeness (QED) is 0.857. The van der Waals surface area contributed by atoms with Crippen LogP contribution in [0.4, 0.5) is 0 Å². The summed E-state index contributed by atoms with van der Waals surface area (Å²) < 4.78 is 7.07. The summed E-state index contributed by atoms with van der Waals surface area (Å²) in [6.07, 6.45) is 4.06. The lowest BCUT2D eigenvalue weighted by atomic mass is 10.1. The number of amides is 1. The molecule has 2 aromatic heterocycles. The Hall–Kier alpha value is -2.25. The van der Waals surface area contributed by atoms with E-state index in [9.17, 15) is 9.59 Å². The van der Waals surface area contributed by atoms with Crippen molar-refractivity contribution in [3.8, 4) is 0 Å². The molecular weight excluding hydrogens is 308 g/mol. The Balaban J connectivity index is 1.51. The van der Waals surface area contributed by atoms with Crippen LogP contribution in [-0.2, 0) is 4.74 Å². The summed E-state index contributed by atoms with van der Waals surface area (Å²) in [5.41, 5.74) is 0.266. The van der Waals surface area contributed by atoms with Gasteiger partial charge in [0.15, 0.2) is 0 Å². The second-order valence-corrected chi connectivity index (χ2v) is 6.56. The first-order valence-electron chi connectivity index (χ1n) is 8.25. The Morgan fingerprint density at radius 2 is 2.25 bits per heavy atom. The zero-order chi connectivity index (χ0) is 16.7. The lowest BCUT2D eigenvalue weighted by molar-refractivity contribution is -0.0390. The fourth-order valence-electron chi connectivity index (χ4n) is 3.59. The molecule has 4 rings (SSSR count). The SMILES string of the molecule is C[C@@H]1CN2C[C@H](NC(=O)c3cnc4ccccn4c3=O)C[C@H]2CO1. The molecule has 0 aromatic carbocycles. The molecular formula is C17H20N4O3. The van der Waals surface area contributed by atoms with Gasteiger partial charge in [-0.2, -0.15) is 0 Å². The first-order chi connectivity index (χ1) is 11.6. The minimum atomic E-state index is -0.357. The maximum Gasteiger partial charge on any atom is 0.270 e. The van der Waals surface area contributed by atoms with Gasteiger partial charge < -0.3 is 10.1 Å². The van der Waals surface area contributed by atoms with Crippen LogP contribution in [0.1, 0.15) is 23.7 Å². The van der Waals surface area contributed by atoms with Crippen molar-refractivity contribution < 1.29 is 9.53 Å². The highest BCUT2D eigenvalue weighted by Gasteiger charge is 2.37. The Labute approximate surface area is 139 Å². The van der Waals surface area contributed by atoms with E-state index in [-0.39, 0.29) is 29.2 Å². The number of nitrogens with one attached hydrogen (secondary N) is 1. The molecule has 4 heterocycles. The summed E-state index contributed by atoms with van der Waals surface area (Å²) in [5, 5.41) is 2.98. The van der Waals surface area contributed by atoms with E-state index in [2.05, 4.69) is 22.1 Å². The van der Waals surface area contributed by atoms with Gasteiger partial charge in [0, 0.05) is 37.6 Å². The van der Waals surface area contributed by atoms with Crippen molar-refractivity contribution in [2.24, 2.45) is 0 Å². The van der Waals surface area contributed by atoms with Crippen LogP contribution in [0.15, 0.2) is 35.4 Å². The van der Waals surface area contributed by atoms with Crippen LogP contribution >= 0.6 is 0 Å². The predicted molar refractivity (Wildman–Crippen MR) is 88.1 cm³/mol. The number of morpholine rings is 1. The smallest absolute Gasteiger partial charge is 0.270 e. The van der Waals surface area contributed by atoms with E-state index in [1.54, 1.807) is 24.4 Å². The lowest BCUT2D eigenvalue weighted by Crippen LogP contribution is -2.45. The minimum absolute atomic E-state index is 0.0345. The number of pyridine rings is 1. The van der Waals surface area contributed by atoms with Gasteiger partial charge in [-0.05, 0) is 25.5 Å². The van der Waals surface area contributed by atoms with Crippen LogP contribution in [0, 0.1) is 0 Å². The molecule has 2 fully saturated rings. The Kier molecular flexibility index (Phi) is 3.82. The van der Waals surface area contributed by atoms with Gasteiger partial charge in [0.2, 0.25) is 0 Å². The molecule has 2 aliphatic heterocycles. The molecule has 0 radical (unpaired) electrons. The summed E-state index contributed by atoms with van der Waals surface area (Å²) in [6, 6.07) is 5.67. The second-order valence-electron chi connectivity index (χ2n) is 6.56. The maximum absolute atomic E-state index is 12.5. The van der Waals surface area contributed by atoms with Gasteiger partial charge >= 0.3 is 0 Å². The van der Waals surface area contributed by atoms with Gasteiger partial charge in [0.05, 0.1) is 12.7 Å². The highest BCUT2D eigenvalue weighted by atomic mass is 16.5. The first kappa shape index (κ1) is 15.3. The molecule has 3 atom stereocenters. The van der Waals surface area contributed by atoms with E-state index in [1.165, 1.54) is 10.6 Å². The van der Waals surface area contributed by atoms with Crippen LogP contribution < -0.4 is 10.9 Å². The van der Waals surface area contributed by atoms with Gasteiger partial charge in [-0.1, -0.05) is 6.07 Å². The average Bonchev–Trinajstić information content (AvgIpc) is 2.96. The normalized spacial score (nSPS) is 27.1. The third kappa shape index (κ3) is 2.70. The summed E-state index contributed by atoms with van der Waals surface area (Å²) in [6.45, 7) is 4.45. The summed E-state index contributed by atoms with van der Waals surface area (Å²) in [5.74, 6) is -0.357. The number of aromatic nitrogens is 2. The second kappa shape index (κ2) is 5.99. The zero-order valence-corrected chi connectivity index (χ0v) is 13.5. The third-order valence-electron chi connectivity index (χ3n) is 4.79. The summed E-state index contributed by atoms with van der Waals surface area (Å²) >= 11 is 0. The first-order valence-corrected chi connectivity index (χ1v) is 8.25. The fourth-order valence-corrected chi connectivity index (χ4v) is 3.59. The number of carbonyl (C=O) groups excluding carboxylic acids is 1. The van der Waals surface area contributed by atoms with Crippen LogP contribution in [0.3, 0.4) is 0 Å². The Morgan fingerprint density at radius 3 is 3.12 bits per heavy atom. The van der Waals surface area contributed by atoms with Crippen LogP contribution in [0.2, 0.25) is 0 Å². The molecule has 7 heteroatoms. The highest BCUT2D eigenvalue weighted by molar-refractivity contribution is 5.94. The molecule has 0 unspecified atom stereocenters. The van der Waals surface area contributed by atoms with E-state index in [4.69, 9.17) is 4.74 Å². The van der Waals surface area contributed by atoms with Crippen LogP contribution in [0.25, 0.3) is 5.65 Å². The van der Waals surface area contributed by atoms with Gasteiger partial charge in [-0.15, -0.1) is 0 Å². The summed E-state index contributed by atoms with van der Waals surface area (Å²) in [4.78, 5) is 31.5. The monoisotopic (exact) mass is 328 g/mol. The Morgan fingerprint density at radius 1 is 1.38 bits per heavy atom. The third-order valence-corrected chi connectivity index (χ3v) is 4.79. The number of fused-ring (bicyclic) bond motifs is 2. The number of carbonyl (C=O) groups is 1. The van der Waals surface area contributed by atoms with Crippen molar-refractivity contribution in [1.82, 2.24) is 19.6 Å². The molecule has 1 N–H and O–H groups in total. The highest BCUT2D eigenvalue weighted by Crippen LogP contribution is 2.23. The number of rotatable bonds is 2. The maximum atomic E-state index is 12.5. The minimum Gasteiger partial charge on any atom is -0.376 e. The molecule has 7 nitrogen and oxygen atoms in total. The molecule has 0 aliphatic carbocycles. The molecule has 24 heavy (non-hydrogen) atoms. The average molecular weight is 328 g/mol. The van der Waals surface area contributed by atoms with Gasteiger partial charge in [-0.3, -0.25) is 18.9 Å². The van der Waals surface area contributed by atoms with Crippen molar-refractivity contribution in [1.29, 1.82) is 0 Å². The largest absolute Gasteiger partial charge is 0.376 e. The number of hydrogen-bond donors (Lipinski definition) is 1. The lowest BCUT2D eigenvalue weighted by Gasteiger charge is -2.33. The molecule has 126 valence electrons. The Bertz CT molecular complexity index is 834. The number of nitrogens with zero attached hydrogens (tertiary/aromatic N) is 3. The van der Waals surface area contributed by atoms with E-state index < -0.39 is 0 Å².